The Balaban J connectivity index is 1.29. The zero-order chi connectivity index (χ0) is 29.4. The summed E-state index contributed by atoms with van der Waals surface area (Å²) >= 11 is 0. The molecular formula is C41H34N2. The third-order valence-electron chi connectivity index (χ3n) is 7.84. The monoisotopic (exact) mass is 554 g/mol. The minimum atomic E-state index is 0.130. The number of benzene rings is 4. The number of allylic oxidation sites excluding steroid dienone is 6. The van der Waals surface area contributed by atoms with E-state index in [2.05, 4.69) is 140 Å². The highest BCUT2D eigenvalue weighted by atomic mass is 14.8. The van der Waals surface area contributed by atoms with Crippen LogP contribution in [0.3, 0.4) is 0 Å². The van der Waals surface area contributed by atoms with Gasteiger partial charge in [-0.15, -0.1) is 0 Å². The Kier molecular flexibility index (Phi) is 8.47. The lowest BCUT2D eigenvalue weighted by Crippen LogP contribution is -2.06. The number of hydrogen-bond donors (Lipinski definition) is 0. The van der Waals surface area contributed by atoms with Gasteiger partial charge < -0.3 is 0 Å². The van der Waals surface area contributed by atoms with E-state index in [9.17, 15) is 0 Å². The van der Waals surface area contributed by atoms with Crippen LogP contribution in [0.2, 0.25) is 0 Å². The Morgan fingerprint density at radius 1 is 0.698 bits per heavy atom. The minimum Gasteiger partial charge on any atom is -0.256 e. The molecule has 43 heavy (non-hydrogen) atoms. The molecule has 6 rings (SSSR count). The summed E-state index contributed by atoms with van der Waals surface area (Å²) in [5.41, 5.74) is 12.1. The van der Waals surface area contributed by atoms with Crippen LogP contribution in [0.15, 0.2) is 175 Å². The second-order valence-corrected chi connectivity index (χ2v) is 10.8. The van der Waals surface area contributed by atoms with E-state index < -0.39 is 0 Å². The Morgan fingerprint density at radius 3 is 1.79 bits per heavy atom. The fraction of sp³-hybridized carbons (Fsp3) is 0.0732. The summed E-state index contributed by atoms with van der Waals surface area (Å²) in [6.07, 6.45) is 11.4. The van der Waals surface area contributed by atoms with Crippen molar-refractivity contribution in [3.05, 3.63) is 187 Å². The van der Waals surface area contributed by atoms with Crippen LogP contribution in [-0.4, -0.2) is 10.7 Å². The van der Waals surface area contributed by atoms with Crippen molar-refractivity contribution in [3.63, 3.8) is 0 Å². The fourth-order valence-electron chi connectivity index (χ4n) is 5.32. The molecule has 1 aliphatic carbocycles. The average molecular weight is 555 g/mol. The van der Waals surface area contributed by atoms with Crippen LogP contribution in [-0.2, 0) is 0 Å². The molecular weight excluding hydrogens is 520 g/mol. The highest BCUT2D eigenvalue weighted by Gasteiger charge is 2.15. The van der Waals surface area contributed by atoms with Gasteiger partial charge in [0.25, 0.3) is 0 Å². The largest absolute Gasteiger partial charge is 0.256 e. The first-order chi connectivity index (χ1) is 21.1. The van der Waals surface area contributed by atoms with Crippen LogP contribution in [0.25, 0.3) is 33.4 Å². The highest BCUT2D eigenvalue weighted by molar-refractivity contribution is 6.12. The number of aromatic nitrogens is 1. The molecule has 0 amide bonds. The Bertz CT molecular complexity index is 1810. The molecule has 1 aliphatic rings. The van der Waals surface area contributed by atoms with Crippen molar-refractivity contribution >= 4 is 16.9 Å². The van der Waals surface area contributed by atoms with Crippen LogP contribution in [0, 0.1) is 5.92 Å². The van der Waals surface area contributed by atoms with Crippen LogP contribution in [0.1, 0.15) is 30.2 Å². The number of rotatable bonds is 8. The van der Waals surface area contributed by atoms with E-state index in [1.54, 1.807) is 0 Å². The first-order valence-electron chi connectivity index (χ1n) is 14.7. The summed E-state index contributed by atoms with van der Waals surface area (Å²) in [6, 6.07) is 44.3. The lowest BCUT2D eigenvalue weighted by molar-refractivity contribution is 0.762. The topological polar surface area (TPSA) is 25.2 Å². The maximum Gasteiger partial charge on any atom is 0.0708 e. The van der Waals surface area contributed by atoms with E-state index in [1.807, 2.05) is 36.5 Å². The van der Waals surface area contributed by atoms with E-state index in [1.165, 1.54) is 27.8 Å². The smallest absolute Gasteiger partial charge is 0.0708 e. The van der Waals surface area contributed by atoms with Gasteiger partial charge in [-0.3, -0.25) is 9.98 Å². The first kappa shape index (κ1) is 27.8. The van der Waals surface area contributed by atoms with E-state index in [0.29, 0.717) is 0 Å². The second kappa shape index (κ2) is 13.1. The molecule has 1 aromatic heterocycles. The number of nitrogens with zero attached hydrogens (tertiary/aromatic N) is 2. The molecule has 2 nitrogen and oxygen atoms in total. The van der Waals surface area contributed by atoms with Gasteiger partial charge in [-0.2, -0.15) is 0 Å². The first-order valence-corrected chi connectivity index (χ1v) is 14.7. The third-order valence-corrected chi connectivity index (χ3v) is 7.84. The highest BCUT2D eigenvalue weighted by Crippen LogP contribution is 2.29. The number of aliphatic imine (C=N–C) groups is 1. The summed E-state index contributed by atoms with van der Waals surface area (Å²) in [5.74, 6) is 0.130. The van der Waals surface area contributed by atoms with Gasteiger partial charge in [-0.25, -0.2) is 0 Å². The predicted molar refractivity (Wildman–Crippen MR) is 183 cm³/mol. The van der Waals surface area contributed by atoms with Crippen LogP contribution >= 0.6 is 0 Å². The molecule has 208 valence electrons. The third kappa shape index (κ3) is 6.77. The fourth-order valence-corrected chi connectivity index (χ4v) is 5.32. The van der Waals surface area contributed by atoms with Crippen molar-refractivity contribution in [2.24, 2.45) is 10.9 Å². The summed E-state index contributed by atoms with van der Waals surface area (Å²) in [4.78, 5) is 9.65. The van der Waals surface area contributed by atoms with Gasteiger partial charge in [-0.05, 0) is 70.5 Å². The molecule has 0 bridgehead atoms. The molecule has 1 heterocycles. The van der Waals surface area contributed by atoms with Gasteiger partial charge in [0.05, 0.1) is 11.4 Å². The summed E-state index contributed by atoms with van der Waals surface area (Å²) in [5, 5.41) is 0. The molecule has 0 fully saturated rings. The predicted octanol–water partition coefficient (Wildman–Crippen LogP) is 10.5. The number of pyridine rings is 1. The average Bonchev–Trinajstić information content (AvgIpc) is 3.09. The Labute approximate surface area is 254 Å². The lowest BCUT2D eigenvalue weighted by atomic mass is 9.92. The molecule has 0 saturated carbocycles. The van der Waals surface area contributed by atoms with Crippen molar-refractivity contribution in [1.82, 2.24) is 4.98 Å². The lowest BCUT2D eigenvalue weighted by Gasteiger charge is -2.17. The van der Waals surface area contributed by atoms with Crippen molar-refractivity contribution in [2.75, 3.05) is 0 Å². The van der Waals surface area contributed by atoms with Crippen molar-refractivity contribution < 1.29 is 0 Å². The molecule has 0 aliphatic heterocycles. The molecule has 5 aromatic rings. The van der Waals surface area contributed by atoms with Gasteiger partial charge in [0, 0.05) is 23.4 Å². The van der Waals surface area contributed by atoms with Crippen molar-refractivity contribution in [1.29, 1.82) is 0 Å². The van der Waals surface area contributed by atoms with E-state index in [4.69, 9.17) is 4.99 Å². The van der Waals surface area contributed by atoms with Gasteiger partial charge in [0.15, 0.2) is 0 Å². The molecule has 4 aromatic carbocycles. The van der Waals surface area contributed by atoms with Crippen LogP contribution in [0.4, 0.5) is 0 Å². The van der Waals surface area contributed by atoms with E-state index >= 15 is 0 Å². The molecule has 0 saturated heterocycles. The second-order valence-electron chi connectivity index (χ2n) is 10.8. The minimum absolute atomic E-state index is 0.130. The Morgan fingerprint density at radius 2 is 1.26 bits per heavy atom. The van der Waals surface area contributed by atoms with Gasteiger partial charge in [0.1, 0.15) is 0 Å². The van der Waals surface area contributed by atoms with Gasteiger partial charge in [0.2, 0.25) is 0 Å². The maximum atomic E-state index is 5.15. The molecule has 0 N–H and O–H groups in total. The van der Waals surface area contributed by atoms with Gasteiger partial charge >= 0.3 is 0 Å². The Hall–Kier alpha value is -5.34. The van der Waals surface area contributed by atoms with Crippen LogP contribution in [0.5, 0.6) is 0 Å². The zero-order valence-corrected chi connectivity index (χ0v) is 24.4. The maximum absolute atomic E-state index is 5.15. The quantitative estimate of drug-likeness (QED) is 0.175. The molecule has 0 spiro atoms. The van der Waals surface area contributed by atoms with E-state index in [-0.39, 0.29) is 5.92 Å². The summed E-state index contributed by atoms with van der Waals surface area (Å²) in [7, 11) is 0. The summed E-state index contributed by atoms with van der Waals surface area (Å²) in [6.45, 7) is 6.57. The zero-order valence-electron chi connectivity index (χ0n) is 24.4. The molecule has 0 radical (unpaired) electrons. The summed E-state index contributed by atoms with van der Waals surface area (Å²) < 4.78 is 0. The van der Waals surface area contributed by atoms with E-state index in [0.717, 1.165) is 40.2 Å². The SMILES string of the molecule is C=C(/N=C(\C=C(/C)c1ccc(-c2ccccc2)cc1)c1ccc(-c2ccccc2)cc1)C1C=CC(c2ccccn2)=CC1. The van der Waals surface area contributed by atoms with Crippen molar-refractivity contribution in [3.8, 4) is 22.3 Å². The van der Waals surface area contributed by atoms with Gasteiger partial charge in [-0.1, -0.05) is 140 Å². The number of hydrogen-bond acceptors (Lipinski definition) is 2. The van der Waals surface area contributed by atoms with Crippen LogP contribution < -0.4 is 0 Å². The molecule has 1 unspecified atom stereocenters. The molecule has 2 heteroatoms. The normalized spacial score (nSPS) is 15.2. The van der Waals surface area contributed by atoms with Crippen molar-refractivity contribution in [2.45, 2.75) is 13.3 Å². The molecule has 1 atom stereocenters. The standard InChI is InChI=1S/C41H34N2/c1-30(32-16-20-36(21-17-32)34-11-5-3-6-12-34)29-41(39-26-22-37(23-27-39)35-13-7-4-8-14-35)43-31(2)33-18-24-38(25-19-33)40-15-9-10-28-42-40/h3-18,20-29,33H,2,19H2,1H3/b30-29+,43-41+.